The zero-order valence-corrected chi connectivity index (χ0v) is 13.7. The number of carboxylic acids is 1. The number of hydrogen-bond acceptors (Lipinski definition) is 5. The molecule has 1 aliphatic heterocycles. The van der Waals surface area contributed by atoms with Gasteiger partial charge in [-0.2, -0.15) is 11.8 Å². The van der Waals surface area contributed by atoms with Crippen molar-refractivity contribution in [3.05, 3.63) is 12.2 Å². The SMILES string of the molecule is CC(C)(C)C1SCC1/C=C/C(N)CN[C@H](C=O)CC(=O)O. The predicted molar refractivity (Wildman–Crippen MR) is 86.4 cm³/mol. The highest BCUT2D eigenvalue weighted by Gasteiger charge is 2.38. The lowest BCUT2D eigenvalue weighted by Gasteiger charge is -2.43. The molecule has 0 radical (unpaired) electrons. The van der Waals surface area contributed by atoms with Gasteiger partial charge in [-0.1, -0.05) is 32.9 Å². The summed E-state index contributed by atoms with van der Waals surface area (Å²) in [4.78, 5) is 21.3. The molecule has 0 saturated carbocycles. The minimum Gasteiger partial charge on any atom is -0.481 e. The Morgan fingerprint density at radius 2 is 2.19 bits per heavy atom. The van der Waals surface area contributed by atoms with E-state index in [9.17, 15) is 9.59 Å². The Kier molecular flexibility index (Phi) is 6.90. The van der Waals surface area contributed by atoms with E-state index in [1.54, 1.807) is 0 Å². The monoisotopic (exact) mass is 314 g/mol. The van der Waals surface area contributed by atoms with Crippen LogP contribution in [-0.2, 0) is 9.59 Å². The van der Waals surface area contributed by atoms with Crippen LogP contribution in [0.5, 0.6) is 0 Å². The number of carbonyl (C=O) groups is 2. The van der Waals surface area contributed by atoms with E-state index in [1.165, 1.54) is 0 Å². The second kappa shape index (κ2) is 7.96. The number of hydrogen-bond donors (Lipinski definition) is 3. The van der Waals surface area contributed by atoms with Crippen LogP contribution in [0.2, 0.25) is 0 Å². The molecule has 0 amide bonds. The molecule has 120 valence electrons. The van der Waals surface area contributed by atoms with E-state index in [1.807, 2.05) is 17.8 Å². The van der Waals surface area contributed by atoms with Crippen molar-refractivity contribution >= 4 is 24.0 Å². The molecular weight excluding hydrogens is 288 g/mol. The van der Waals surface area contributed by atoms with E-state index < -0.39 is 12.0 Å². The largest absolute Gasteiger partial charge is 0.481 e. The number of aldehydes is 1. The number of carboxylic acid groups (broad SMARTS) is 1. The Balaban J connectivity index is 2.36. The Morgan fingerprint density at radius 1 is 1.52 bits per heavy atom. The van der Waals surface area contributed by atoms with Crippen molar-refractivity contribution in [2.45, 2.75) is 44.5 Å². The van der Waals surface area contributed by atoms with Crippen LogP contribution in [0.1, 0.15) is 27.2 Å². The van der Waals surface area contributed by atoms with Crippen molar-refractivity contribution in [2.75, 3.05) is 12.3 Å². The highest BCUT2D eigenvalue weighted by atomic mass is 32.2. The van der Waals surface area contributed by atoms with Gasteiger partial charge < -0.3 is 21.0 Å². The summed E-state index contributed by atoms with van der Waals surface area (Å²) in [5, 5.41) is 12.1. The van der Waals surface area contributed by atoms with Crippen LogP contribution in [0, 0.1) is 11.3 Å². The summed E-state index contributed by atoms with van der Waals surface area (Å²) in [5.41, 5.74) is 6.25. The molecule has 0 aromatic carbocycles. The van der Waals surface area contributed by atoms with Crippen LogP contribution in [0.4, 0.5) is 0 Å². The maximum absolute atomic E-state index is 10.7. The molecule has 4 N–H and O–H groups in total. The first-order valence-electron chi connectivity index (χ1n) is 7.20. The summed E-state index contributed by atoms with van der Waals surface area (Å²) < 4.78 is 0. The highest BCUT2D eigenvalue weighted by molar-refractivity contribution is 8.01. The molecule has 1 heterocycles. The average molecular weight is 314 g/mol. The van der Waals surface area contributed by atoms with Gasteiger partial charge in [0.2, 0.25) is 0 Å². The van der Waals surface area contributed by atoms with Crippen LogP contribution in [-0.4, -0.2) is 47.0 Å². The minimum atomic E-state index is -0.997. The molecule has 3 unspecified atom stereocenters. The van der Waals surface area contributed by atoms with Gasteiger partial charge in [0.25, 0.3) is 0 Å². The smallest absolute Gasteiger partial charge is 0.305 e. The van der Waals surface area contributed by atoms with Crippen LogP contribution in [0.3, 0.4) is 0 Å². The first kappa shape index (κ1) is 18.2. The molecule has 0 aromatic rings. The molecule has 0 aliphatic carbocycles. The van der Waals surface area contributed by atoms with Crippen LogP contribution < -0.4 is 11.1 Å². The third-order valence-electron chi connectivity index (χ3n) is 3.49. The molecule has 0 spiro atoms. The maximum atomic E-state index is 10.7. The molecule has 6 heteroatoms. The van der Waals surface area contributed by atoms with Crippen molar-refractivity contribution in [3.63, 3.8) is 0 Å². The first-order chi connectivity index (χ1) is 9.74. The predicted octanol–water partition coefficient (Wildman–Crippen LogP) is 1.28. The minimum absolute atomic E-state index is 0.215. The summed E-state index contributed by atoms with van der Waals surface area (Å²) >= 11 is 1.98. The normalized spacial score (nSPS) is 25.3. The van der Waals surface area contributed by atoms with Crippen molar-refractivity contribution in [2.24, 2.45) is 17.1 Å². The zero-order valence-electron chi connectivity index (χ0n) is 12.9. The lowest BCUT2D eigenvalue weighted by atomic mass is 9.83. The highest BCUT2D eigenvalue weighted by Crippen LogP contribution is 2.46. The van der Waals surface area contributed by atoms with Crippen LogP contribution in [0.15, 0.2) is 12.2 Å². The molecule has 1 saturated heterocycles. The lowest BCUT2D eigenvalue weighted by Crippen LogP contribution is -2.42. The van der Waals surface area contributed by atoms with E-state index in [-0.39, 0.29) is 17.9 Å². The van der Waals surface area contributed by atoms with E-state index in [4.69, 9.17) is 10.8 Å². The molecule has 1 fully saturated rings. The molecule has 4 atom stereocenters. The Hall–Kier alpha value is -0.850. The molecule has 0 bridgehead atoms. The van der Waals surface area contributed by atoms with Gasteiger partial charge in [-0.25, -0.2) is 0 Å². The van der Waals surface area contributed by atoms with Gasteiger partial charge in [-0.05, 0) is 11.3 Å². The fourth-order valence-corrected chi connectivity index (χ4v) is 3.66. The quantitative estimate of drug-likeness (QED) is 0.462. The number of allylic oxidation sites excluding steroid dienone is 1. The number of rotatable bonds is 8. The van der Waals surface area contributed by atoms with Crippen molar-refractivity contribution < 1.29 is 14.7 Å². The molecule has 21 heavy (non-hydrogen) atoms. The number of nitrogens with one attached hydrogen (secondary N) is 1. The molecule has 1 aliphatic rings. The molecule has 5 nitrogen and oxygen atoms in total. The van der Waals surface area contributed by atoms with E-state index in [0.29, 0.717) is 24.0 Å². The topological polar surface area (TPSA) is 92.4 Å². The zero-order chi connectivity index (χ0) is 16.0. The third-order valence-corrected chi connectivity index (χ3v) is 5.48. The second-order valence-electron chi connectivity index (χ2n) is 6.58. The maximum Gasteiger partial charge on any atom is 0.305 e. The lowest BCUT2D eigenvalue weighted by molar-refractivity contribution is -0.138. The second-order valence-corrected chi connectivity index (χ2v) is 7.76. The number of carbonyl (C=O) groups excluding carboxylic acids is 1. The number of thioether (sulfide) groups is 1. The summed E-state index contributed by atoms with van der Waals surface area (Å²) in [6, 6.07) is -0.893. The molecular formula is C15H26N2O3S. The first-order valence-corrected chi connectivity index (χ1v) is 8.25. The summed E-state index contributed by atoms with van der Waals surface area (Å²) in [6.45, 7) is 7.12. The van der Waals surface area contributed by atoms with Gasteiger partial charge in [0, 0.05) is 23.6 Å². The van der Waals surface area contributed by atoms with Gasteiger partial charge in [-0.3, -0.25) is 4.79 Å². The fourth-order valence-electron chi connectivity index (χ4n) is 2.35. The van der Waals surface area contributed by atoms with Crippen molar-refractivity contribution in [1.82, 2.24) is 5.32 Å². The van der Waals surface area contributed by atoms with Crippen LogP contribution in [0.25, 0.3) is 0 Å². The van der Waals surface area contributed by atoms with Crippen LogP contribution >= 0.6 is 11.8 Å². The standard InChI is InChI=1S/C15H26N2O3S/c1-15(2,3)14-10(9-21-14)4-5-11(16)7-17-12(8-18)6-13(19)20/h4-5,8,10-12,14,17H,6-7,9,16H2,1-3H3,(H,19,20)/b5-4+/t10?,11?,12-,14?/m0/s1. The van der Waals surface area contributed by atoms with E-state index in [2.05, 4.69) is 32.2 Å². The summed E-state index contributed by atoms with van der Waals surface area (Å²) in [5.74, 6) is 0.666. The average Bonchev–Trinajstić information content (AvgIpc) is 2.30. The van der Waals surface area contributed by atoms with Crippen molar-refractivity contribution in [3.8, 4) is 0 Å². The molecule has 0 aromatic heterocycles. The Labute approximate surface area is 130 Å². The van der Waals surface area contributed by atoms with Gasteiger partial charge in [0.05, 0.1) is 12.5 Å². The number of nitrogens with two attached hydrogens (primary N) is 1. The van der Waals surface area contributed by atoms with Gasteiger partial charge in [0.1, 0.15) is 6.29 Å². The Morgan fingerprint density at radius 3 is 2.62 bits per heavy atom. The van der Waals surface area contributed by atoms with Gasteiger partial charge in [0.15, 0.2) is 0 Å². The summed E-state index contributed by atoms with van der Waals surface area (Å²) in [6.07, 6.45) is 4.51. The van der Waals surface area contributed by atoms with Gasteiger partial charge >= 0.3 is 5.97 Å². The van der Waals surface area contributed by atoms with E-state index in [0.717, 1.165) is 5.75 Å². The van der Waals surface area contributed by atoms with Gasteiger partial charge in [-0.15, -0.1) is 0 Å². The Bertz CT molecular complexity index is 393. The summed E-state index contributed by atoms with van der Waals surface area (Å²) in [7, 11) is 0. The van der Waals surface area contributed by atoms with E-state index >= 15 is 0 Å². The fraction of sp³-hybridized carbons (Fsp3) is 0.733. The van der Waals surface area contributed by atoms with Crippen molar-refractivity contribution in [1.29, 1.82) is 0 Å². The third kappa shape index (κ3) is 6.20. The molecule has 1 rings (SSSR count). The number of aliphatic carboxylic acids is 1.